The molecule has 0 spiro atoms. The summed E-state index contributed by atoms with van der Waals surface area (Å²) in [7, 11) is 0. The summed E-state index contributed by atoms with van der Waals surface area (Å²) in [5, 5.41) is 3.69. The minimum Gasteiger partial charge on any atom is -0.381 e. The molecule has 4 rings (SSSR count). The van der Waals surface area contributed by atoms with E-state index in [-0.39, 0.29) is 0 Å². The molecule has 5 heteroatoms. The number of nitrogens with zero attached hydrogens (tertiary/aromatic N) is 2. The van der Waals surface area contributed by atoms with Gasteiger partial charge in [0.2, 0.25) is 0 Å². The standard InChI is InChI=1S/C17H23N3O2/c1-12-2-3-15-16(8-12)20-14(10-22-11-17(20)19-15)9-18-13-4-6-21-7-5-13/h2-3,8,13-14,18H,4-7,9-11H2,1H3. The Labute approximate surface area is 130 Å². The van der Waals surface area contributed by atoms with Gasteiger partial charge < -0.3 is 19.4 Å². The molecule has 2 aliphatic rings. The molecule has 1 saturated heterocycles. The van der Waals surface area contributed by atoms with E-state index in [1.54, 1.807) is 0 Å². The van der Waals surface area contributed by atoms with Crippen LogP contribution in [0.5, 0.6) is 0 Å². The first-order valence-corrected chi connectivity index (χ1v) is 8.17. The highest BCUT2D eigenvalue weighted by atomic mass is 16.5. The fourth-order valence-corrected chi connectivity index (χ4v) is 3.48. The Hall–Kier alpha value is -1.43. The van der Waals surface area contributed by atoms with Gasteiger partial charge >= 0.3 is 0 Å². The number of aromatic nitrogens is 2. The van der Waals surface area contributed by atoms with E-state index in [1.165, 1.54) is 11.1 Å². The number of imidazole rings is 1. The molecule has 1 aromatic carbocycles. The van der Waals surface area contributed by atoms with Crippen molar-refractivity contribution < 1.29 is 9.47 Å². The zero-order chi connectivity index (χ0) is 14.9. The molecule has 1 fully saturated rings. The van der Waals surface area contributed by atoms with Crippen molar-refractivity contribution in [3.8, 4) is 0 Å². The second kappa shape index (κ2) is 5.99. The van der Waals surface area contributed by atoms with Crippen LogP contribution in [0.4, 0.5) is 0 Å². The van der Waals surface area contributed by atoms with Gasteiger partial charge in [-0.2, -0.15) is 0 Å². The predicted molar refractivity (Wildman–Crippen MR) is 85.0 cm³/mol. The summed E-state index contributed by atoms with van der Waals surface area (Å²) in [6, 6.07) is 7.35. The minimum absolute atomic E-state index is 0.318. The van der Waals surface area contributed by atoms with Gasteiger partial charge in [0.25, 0.3) is 0 Å². The fraction of sp³-hybridized carbons (Fsp3) is 0.588. The number of fused-ring (bicyclic) bond motifs is 3. The van der Waals surface area contributed by atoms with Gasteiger partial charge in [0.15, 0.2) is 0 Å². The summed E-state index contributed by atoms with van der Waals surface area (Å²) in [6.07, 6.45) is 2.20. The first-order chi connectivity index (χ1) is 10.8. The van der Waals surface area contributed by atoms with Crippen LogP contribution in [0.1, 0.15) is 30.3 Å². The molecule has 1 atom stereocenters. The average molecular weight is 301 g/mol. The molecule has 1 unspecified atom stereocenters. The lowest BCUT2D eigenvalue weighted by atomic mass is 10.1. The third-order valence-electron chi connectivity index (χ3n) is 4.69. The van der Waals surface area contributed by atoms with Gasteiger partial charge in [0, 0.05) is 25.8 Å². The second-order valence-corrected chi connectivity index (χ2v) is 6.35. The third-order valence-corrected chi connectivity index (χ3v) is 4.69. The maximum atomic E-state index is 5.76. The van der Waals surface area contributed by atoms with Crippen molar-refractivity contribution in [3.05, 3.63) is 29.6 Å². The van der Waals surface area contributed by atoms with Crippen molar-refractivity contribution >= 4 is 11.0 Å². The molecule has 1 aromatic heterocycles. The molecule has 0 radical (unpaired) electrons. The Bertz CT molecular complexity index is 661. The highest BCUT2D eigenvalue weighted by Gasteiger charge is 2.25. The number of rotatable bonds is 3. The maximum absolute atomic E-state index is 5.76. The van der Waals surface area contributed by atoms with Crippen LogP contribution in [0.15, 0.2) is 18.2 Å². The summed E-state index contributed by atoms with van der Waals surface area (Å²) in [5.74, 6) is 1.05. The molecule has 1 N–H and O–H groups in total. The topological polar surface area (TPSA) is 48.3 Å². The van der Waals surface area contributed by atoms with Gasteiger partial charge in [0.1, 0.15) is 12.4 Å². The lowest BCUT2D eigenvalue weighted by Crippen LogP contribution is -2.40. The molecule has 5 nitrogen and oxygen atoms in total. The summed E-state index contributed by atoms with van der Waals surface area (Å²) in [5.41, 5.74) is 3.58. The van der Waals surface area contributed by atoms with Gasteiger partial charge in [0.05, 0.1) is 23.7 Å². The first kappa shape index (κ1) is 14.2. The van der Waals surface area contributed by atoms with Gasteiger partial charge in [-0.25, -0.2) is 4.98 Å². The van der Waals surface area contributed by atoms with Crippen LogP contribution < -0.4 is 5.32 Å². The fourth-order valence-electron chi connectivity index (χ4n) is 3.48. The molecule has 0 aliphatic carbocycles. The lowest BCUT2D eigenvalue weighted by molar-refractivity contribution is 0.0491. The van der Waals surface area contributed by atoms with E-state index < -0.39 is 0 Å². The van der Waals surface area contributed by atoms with E-state index in [9.17, 15) is 0 Å². The van der Waals surface area contributed by atoms with Crippen molar-refractivity contribution in [2.24, 2.45) is 0 Å². The monoisotopic (exact) mass is 301 g/mol. The first-order valence-electron chi connectivity index (χ1n) is 8.17. The van der Waals surface area contributed by atoms with Gasteiger partial charge in [-0.05, 0) is 37.5 Å². The van der Waals surface area contributed by atoms with E-state index in [2.05, 4.69) is 35.0 Å². The number of ether oxygens (including phenoxy) is 2. The van der Waals surface area contributed by atoms with Crippen molar-refractivity contribution in [2.45, 2.75) is 38.5 Å². The van der Waals surface area contributed by atoms with Gasteiger partial charge in [-0.15, -0.1) is 0 Å². The Morgan fingerprint density at radius 2 is 2.14 bits per heavy atom. The zero-order valence-corrected chi connectivity index (χ0v) is 13.0. The van der Waals surface area contributed by atoms with Crippen LogP contribution in [0.3, 0.4) is 0 Å². The Balaban J connectivity index is 1.57. The molecule has 0 saturated carbocycles. The van der Waals surface area contributed by atoms with Crippen molar-refractivity contribution in [1.29, 1.82) is 0 Å². The molecule has 118 valence electrons. The normalized spacial score (nSPS) is 22.9. The zero-order valence-electron chi connectivity index (χ0n) is 13.0. The molecular weight excluding hydrogens is 278 g/mol. The maximum Gasteiger partial charge on any atom is 0.136 e. The minimum atomic E-state index is 0.318. The second-order valence-electron chi connectivity index (χ2n) is 6.35. The molecule has 0 amide bonds. The van der Waals surface area contributed by atoms with Crippen LogP contribution in [-0.2, 0) is 16.1 Å². The quantitative estimate of drug-likeness (QED) is 0.944. The molecular formula is C17H23N3O2. The molecule has 22 heavy (non-hydrogen) atoms. The van der Waals surface area contributed by atoms with Crippen molar-refractivity contribution in [3.63, 3.8) is 0 Å². The summed E-state index contributed by atoms with van der Waals surface area (Å²) >= 11 is 0. The van der Waals surface area contributed by atoms with Crippen LogP contribution in [0.25, 0.3) is 11.0 Å². The smallest absolute Gasteiger partial charge is 0.136 e. The summed E-state index contributed by atoms with van der Waals surface area (Å²) in [6.45, 7) is 6.17. The number of hydrogen-bond donors (Lipinski definition) is 1. The van der Waals surface area contributed by atoms with E-state index >= 15 is 0 Å². The number of aryl methyl sites for hydroxylation is 1. The highest BCUT2D eigenvalue weighted by molar-refractivity contribution is 5.77. The van der Waals surface area contributed by atoms with E-state index in [1.807, 2.05) is 0 Å². The molecule has 3 heterocycles. The third kappa shape index (κ3) is 2.64. The van der Waals surface area contributed by atoms with Crippen molar-refractivity contribution in [2.75, 3.05) is 26.4 Å². The Kier molecular flexibility index (Phi) is 3.86. The van der Waals surface area contributed by atoms with Crippen LogP contribution in [-0.4, -0.2) is 42.0 Å². The van der Waals surface area contributed by atoms with E-state index in [4.69, 9.17) is 14.5 Å². The summed E-state index contributed by atoms with van der Waals surface area (Å²) in [4.78, 5) is 4.73. The van der Waals surface area contributed by atoms with Crippen LogP contribution >= 0.6 is 0 Å². The van der Waals surface area contributed by atoms with Crippen molar-refractivity contribution in [1.82, 2.24) is 14.9 Å². The number of nitrogens with one attached hydrogen (secondary N) is 1. The Morgan fingerprint density at radius 1 is 1.27 bits per heavy atom. The summed E-state index contributed by atoms with van der Waals surface area (Å²) < 4.78 is 13.6. The molecule has 2 aromatic rings. The van der Waals surface area contributed by atoms with Gasteiger partial charge in [-0.1, -0.05) is 6.07 Å². The molecule has 2 aliphatic heterocycles. The van der Waals surface area contributed by atoms with Crippen LogP contribution in [0, 0.1) is 6.92 Å². The van der Waals surface area contributed by atoms with E-state index in [0.29, 0.717) is 18.7 Å². The van der Waals surface area contributed by atoms with Crippen LogP contribution in [0.2, 0.25) is 0 Å². The number of hydrogen-bond acceptors (Lipinski definition) is 4. The number of benzene rings is 1. The predicted octanol–water partition coefficient (Wildman–Crippen LogP) is 2.18. The average Bonchev–Trinajstić information content (AvgIpc) is 2.92. The SMILES string of the molecule is Cc1ccc2nc3n(c2c1)C(CNC1CCOCC1)COC3. The largest absolute Gasteiger partial charge is 0.381 e. The highest BCUT2D eigenvalue weighted by Crippen LogP contribution is 2.26. The van der Waals surface area contributed by atoms with E-state index in [0.717, 1.165) is 50.5 Å². The Morgan fingerprint density at radius 3 is 3.00 bits per heavy atom. The lowest BCUT2D eigenvalue weighted by Gasteiger charge is -2.30. The van der Waals surface area contributed by atoms with Gasteiger partial charge in [-0.3, -0.25) is 0 Å². The molecule has 0 bridgehead atoms.